The van der Waals surface area contributed by atoms with Crippen LogP contribution in [0.4, 0.5) is 5.82 Å². The molecule has 3 aromatic rings. The number of benzene rings is 1. The Bertz CT molecular complexity index is 934. The molecule has 4 rings (SSSR count). The fourth-order valence-corrected chi connectivity index (χ4v) is 3.29. The Morgan fingerprint density at radius 3 is 2.88 bits per heavy atom. The second-order valence-corrected chi connectivity index (χ2v) is 6.43. The van der Waals surface area contributed by atoms with E-state index in [1.54, 1.807) is 10.9 Å². The van der Waals surface area contributed by atoms with Crippen molar-refractivity contribution in [3.8, 4) is 0 Å². The van der Waals surface area contributed by atoms with Gasteiger partial charge in [-0.2, -0.15) is 5.10 Å². The van der Waals surface area contributed by atoms with E-state index in [0.717, 1.165) is 23.4 Å². The van der Waals surface area contributed by atoms with Gasteiger partial charge in [0.05, 0.1) is 18.1 Å². The lowest BCUT2D eigenvalue weighted by atomic mass is 10.1. The summed E-state index contributed by atoms with van der Waals surface area (Å²) in [4.78, 5) is 25.2. The Morgan fingerprint density at radius 2 is 2.08 bits per heavy atom. The van der Waals surface area contributed by atoms with Gasteiger partial charge in [0.15, 0.2) is 5.65 Å². The number of nitrogens with zero attached hydrogens (tertiary/aromatic N) is 6. The third-order valence-electron chi connectivity index (χ3n) is 4.58. The van der Waals surface area contributed by atoms with Gasteiger partial charge in [-0.15, -0.1) is 0 Å². The van der Waals surface area contributed by atoms with Crippen molar-refractivity contribution in [3.63, 3.8) is 0 Å². The molecule has 1 aliphatic rings. The number of hydrogen-bond donors (Lipinski definition) is 0. The Balaban J connectivity index is 1.52. The van der Waals surface area contributed by atoms with Crippen LogP contribution in [0, 0.1) is 6.92 Å². The molecule has 1 fully saturated rings. The van der Waals surface area contributed by atoms with Crippen LogP contribution in [0.5, 0.6) is 0 Å². The molecule has 1 saturated heterocycles. The molecule has 1 amide bonds. The monoisotopic (exact) mass is 336 g/mol. The van der Waals surface area contributed by atoms with E-state index in [9.17, 15) is 4.79 Å². The quantitative estimate of drug-likeness (QED) is 0.725. The van der Waals surface area contributed by atoms with Crippen LogP contribution >= 0.6 is 0 Å². The molecule has 3 heterocycles. The number of hydrogen-bond acceptors (Lipinski definition) is 5. The highest BCUT2D eigenvalue weighted by Crippen LogP contribution is 2.23. The van der Waals surface area contributed by atoms with Gasteiger partial charge in [0.25, 0.3) is 0 Å². The fourth-order valence-electron chi connectivity index (χ4n) is 3.29. The first-order valence-corrected chi connectivity index (χ1v) is 8.33. The van der Waals surface area contributed by atoms with E-state index in [-0.39, 0.29) is 5.91 Å². The second-order valence-electron chi connectivity index (χ2n) is 6.43. The largest absolute Gasteiger partial charge is 0.345 e. The second kappa shape index (κ2) is 6.16. The van der Waals surface area contributed by atoms with Gasteiger partial charge in [-0.3, -0.25) is 9.48 Å². The molecule has 128 valence electrons. The number of aromatic nitrogens is 4. The van der Waals surface area contributed by atoms with Crippen LogP contribution < -0.4 is 4.90 Å². The standard InChI is InChI=1S/C18H20N6O/c1-13-4-3-5-14(8-13)10-23-6-7-24(11-16(23)25)18-15-9-21-22(2)17(15)19-12-20-18/h3-5,8-9,12H,6-7,10-11H2,1-2H3. The SMILES string of the molecule is Cc1cccc(CN2CCN(c3ncnc4c3cnn4C)CC2=O)c1. The maximum absolute atomic E-state index is 12.6. The summed E-state index contributed by atoms with van der Waals surface area (Å²) in [6.45, 7) is 4.47. The number of aryl methyl sites for hydroxylation is 2. The molecule has 0 radical (unpaired) electrons. The predicted octanol–water partition coefficient (Wildman–Crippen LogP) is 1.52. The first-order valence-electron chi connectivity index (χ1n) is 8.33. The molecule has 1 aromatic carbocycles. The molecular formula is C18H20N6O. The highest BCUT2D eigenvalue weighted by atomic mass is 16.2. The van der Waals surface area contributed by atoms with Crippen molar-refractivity contribution in [1.82, 2.24) is 24.6 Å². The van der Waals surface area contributed by atoms with E-state index in [2.05, 4.69) is 40.2 Å². The predicted molar refractivity (Wildman–Crippen MR) is 95.1 cm³/mol. The Morgan fingerprint density at radius 1 is 1.20 bits per heavy atom. The van der Waals surface area contributed by atoms with Crippen LogP contribution in [0.25, 0.3) is 11.0 Å². The van der Waals surface area contributed by atoms with E-state index < -0.39 is 0 Å². The Hall–Kier alpha value is -2.96. The molecule has 25 heavy (non-hydrogen) atoms. The number of amides is 1. The van der Waals surface area contributed by atoms with Gasteiger partial charge in [-0.25, -0.2) is 9.97 Å². The lowest BCUT2D eigenvalue weighted by Crippen LogP contribution is -2.50. The Labute approximate surface area is 145 Å². The highest BCUT2D eigenvalue weighted by molar-refractivity contribution is 5.90. The van der Waals surface area contributed by atoms with Crippen molar-refractivity contribution in [1.29, 1.82) is 0 Å². The maximum Gasteiger partial charge on any atom is 0.242 e. The van der Waals surface area contributed by atoms with Crippen molar-refractivity contribution in [2.45, 2.75) is 13.5 Å². The van der Waals surface area contributed by atoms with Crippen molar-refractivity contribution in [2.24, 2.45) is 7.05 Å². The first-order chi connectivity index (χ1) is 12.1. The molecule has 0 spiro atoms. The summed E-state index contributed by atoms with van der Waals surface area (Å²) in [6, 6.07) is 8.29. The van der Waals surface area contributed by atoms with Crippen LogP contribution in [0.1, 0.15) is 11.1 Å². The number of fused-ring (bicyclic) bond motifs is 1. The molecule has 7 heteroatoms. The normalized spacial score (nSPS) is 15.2. The molecule has 0 saturated carbocycles. The van der Waals surface area contributed by atoms with Crippen LogP contribution in [0.2, 0.25) is 0 Å². The van der Waals surface area contributed by atoms with E-state index in [0.29, 0.717) is 19.6 Å². The highest BCUT2D eigenvalue weighted by Gasteiger charge is 2.26. The summed E-state index contributed by atoms with van der Waals surface area (Å²) in [5, 5.41) is 5.12. The van der Waals surface area contributed by atoms with Crippen molar-refractivity contribution < 1.29 is 4.79 Å². The van der Waals surface area contributed by atoms with Crippen LogP contribution in [0.3, 0.4) is 0 Å². The zero-order valence-electron chi connectivity index (χ0n) is 14.4. The van der Waals surface area contributed by atoms with Crippen molar-refractivity contribution in [2.75, 3.05) is 24.5 Å². The molecule has 0 atom stereocenters. The number of piperazine rings is 1. The molecule has 0 N–H and O–H groups in total. The zero-order valence-corrected chi connectivity index (χ0v) is 14.4. The summed E-state index contributed by atoms with van der Waals surface area (Å²) in [5.74, 6) is 0.894. The fraction of sp³-hybridized carbons (Fsp3) is 0.333. The van der Waals surface area contributed by atoms with Gasteiger partial charge in [0.2, 0.25) is 5.91 Å². The summed E-state index contributed by atoms with van der Waals surface area (Å²) < 4.78 is 1.72. The van der Waals surface area contributed by atoms with Crippen molar-refractivity contribution >= 4 is 22.8 Å². The van der Waals surface area contributed by atoms with Gasteiger partial charge in [0, 0.05) is 26.7 Å². The smallest absolute Gasteiger partial charge is 0.242 e. The number of anilines is 1. The lowest BCUT2D eigenvalue weighted by Gasteiger charge is -2.35. The summed E-state index contributed by atoms with van der Waals surface area (Å²) >= 11 is 0. The van der Waals surface area contributed by atoms with E-state index in [1.807, 2.05) is 22.9 Å². The summed E-state index contributed by atoms with van der Waals surface area (Å²) in [6.07, 6.45) is 3.29. The number of rotatable bonds is 3. The average Bonchev–Trinajstić information content (AvgIpc) is 2.98. The van der Waals surface area contributed by atoms with Crippen molar-refractivity contribution in [3.05, 3.63) is 47.9 Å². The zero-order chi connectivity index (χ0) is 17.4. The molecule has 2 aromatic heterocycles. The van der Waals surface area contributed by atoms with Crippen LogP contribution in [0.15, 0.2) is 36.8 Å². The number of carbonyl (C=O) groups excluding carboxylic acids is 1. The maximum atomic E-state index is 12.6. The minimum Gasteiger partial charge on any atom is -0.345 e. The summed E-state index contributed by atoms with van der Waals surface area (Å²) in [5.41, 5.74) is 3.15. The lowest BCUT2D eigenvalue weighted by molar-refractivity contribution is -0.131. The number of carbonyl (C=O) groups is 1. The van der Waals surface area contributed by atoms with Crippen LogP contribution in [-0.2, 0) is 18.4 Å². The van der Waals surface area contributed by atoms with E-state index in [1.165, 1.54) is 17.5 Å². The minimum absolute atomic E-state index is 0.114. The van der Waals surface area contributed by atoms with Gasteiger partial charge in [-0.1, -0.05) is 29.8 Å². The van der Waals surface area contributed by atoms with E-state index in [4.69, 9.17) is 0 Å². The summed E-state index contributed by atoms with van der Waals surface area (Å²) in [7, 11) is 1.85. The van der Waals surface area contributed by atoms with Gasteiger partial charge < -0.3 is 9.80 Å². The van der Waals surface area contributed by atoms with Crippen LogP contribution in [-0.4, -0.2) is 50.2 Å². The third kappa shape index (κ3) is 2.93. The molecule has 1 aliphatic heterocycles. The molecule has 0 bridgehead atoms. The molecular weight excluding hydrogens is 316 g/mol. The molecule has 0 unspecified atom stereocenters. The van der Waals surface area contributed by atoms with Gasteiger partial charge >= 0.3 is 0 Å². The third-order valence-corrected chi connectivity index (χ3v) is 4.58. The van der Waals surface area contributed by atoms with Gasteiger partial charge in [0.1, 0.15) is 12.1 Å². The van der Waals surface area contributed by atoms with E-state index >= 15 is 0 Å². The van der Waals surface area contributed by atoms with Gasteiger partial charge in [-0.05, 0) is 12.5 Å². The molecule has 7 nitrogen and oxygen atoms in total. The average molecular weight is 336 g/mol. The topological polar surface area (TPSA) is 67.2 Å². The molecule has 0 aliphatic carbocycles. The minimum atomic E-state index is 0.114. The first kappa shape index (κ1) is 15.6. The Kier molecular flexibility index (Phi) is 3.83.